The normalized spacial score (nSPS) is 10.0. The van der Waals surface area contributed by atoms with Gasteiger partial charge in [0, 0.05) is 13.0 Å². The van der Waals surface area contributed by atoms with Gasteiger partial charge in [-0.25, -0.2) is 0 Å². The lowest BCUT2D eigenvalue weighted by molar-refractivity contribution is -0.142. The van der Waals surface area contributed by atoms with E-state index in [0.717, 1.165) is 6.42 Å². The number of amides is 1. The molecule has 0 fully saturated rings. The minimum atomic E-state index is -0.344. The first-order valence-electron chi connectivity index (χ1n) is 4.89. The monoisotopic (exact) mass is 201 g/mol. The van der Waals surface area contributed by atoms with Crippen LogP contribution in [0.1, 0.15) is 33.1 Å². The summed E-state index contributed by atoms with van der Waals surface area (Å²) in [4.78, 5) is 21.8. The predicted molar refractivity (Wildman–Crippen MR) is 53.7 cm³/mol. The summed E-state index contributed by atoms with van der Waals surface area (Å²) in [7, 11) is 1.32. The first-order valence-corrected chi connectivity index (χ1v) is 4.89. The van der Waals surface area contributed by atoms with Crippen LogP contribution in [-0.2, 0) is 14.3 Å². The molecular formula is C10H19NO3. The third-order valence-electron chi connectivity index (χ3n) is 1.83. The second kappa shape index (κ2) is 7.35. The van der Waals surface area contributed by atoms with E-state index in [1.165, 1.54) is 7.11 Å². The molecule has 0 radical (unpaired) electrons. The van der Waals surface area contributed by atoms with Crippen LogP contribution in [0.5, 0.6) is 0 Å². The maximum atomic E-state index is 11.1. The summed E-state index contributed by atoms with van der Waals surface area (Å²) in [6.07, 6.45) is 1.33. The first kappa shape index (κ1) is 12.9. The van der Waals surface area contributed by atoms with Gasteiger partial charge in [0.2, 0.25) is 5.91 Å². The van der Waals surface area contributed by atoms with E-state index in [9.17, 15) is 9.59 Å². The van der Waals surface area contributed by atoms with Crippen molar-refractivity contribution in [3.05, 3.63) is 0 Å². The Kier molecular flexibility index (Phi) is 6.80. The van der Waals surface area contributed by atoms with Gasteiger partial charge in [-0.05, 0) is 12.3 Å². The Bertz CT molecular complexity index is 190. The molecule has 4 nitrogen and oxygen atoms in total. The molecule has 82 valence electrons. The zero-order chi connectivity index (χ0) is 11.0. The molecule has 0 spiro atoms. The molecular weight excluding hydrogens is 182 g/mol. The van der Waals surface area contributed by atoms with Crippen molar-refractivity contribution in [2.24, 2.45) is 5.92 Å². The predicted octanol–water partition coefficient (Wildman–Crippen LogP) is 1.10. The molecule has 0 aromatic rings. The number of nitrogens with one attached hydrogen (secondary N) is 1. The minimum absolute atomic E-state index is 0.0870. The quantitative estimate of drug-likeness (QED) is 0.655. The zero-order valence-corrected chi connectivity index (χ0v) is 9.13. The molecule has 0 unspecified atom stereocenters. The lowest BCUT2D eigenvalue weighted by Gasteiger charge is -2.06. The molecule has 1 N–H and O–H groups in total. The Morgan fingerprint density at radius 3 is 2.43 bits per heavy atom. The van der Waals surface area contributed by atoms with Crippen LogP contribution in [0.2, 0.25) is 0 Å². The van der Waals surface area contributed by atoms with Crippen LogP contribution in [-0.4, -0.2) is 25.5 Å². The highest BCUT2D eigenvalue weighted by atomic mass is 16.5. The van der Waals surface area contributed by atoms with Crippen molar-refractivity contribution in [1.82, 2.24) is 5.32 Å². The van der Waals surface area contributed by atoms with Crippen molar-refractivity contribution in [3.8, 4) is 0 Å². The maximum absolute atomic E-state index is 11.1. The molecule has 0 rings (SSSR count). The summed E-state index contributed by atoms with van der Waals surface area (Å²) in [5.41, 5.74) is 0. The average molecular weight is 201 g/mol. The number of methoxy groups -OCH3 is 1. The van der Waals surface area contributed by atoms with Gasteiger partial charge in [-0.2, -0.15) is 0 Å². The van der Waals surface area contributed by atoms with E-state index in [2.05, 4.69) is 23.9 Å². The molecule has 0 bridgehead atoms. The fraction of sp³-hybridized carbons (Fsp3) is 0.800. The van der Waals surface area contributed by atoms with E-state index < -0.39 is 0 Å². The fourth-order valence-corrected chi connectivity index (χ4v) is 0.906. The molecule has 1 amide bonds. The third-order valence-corrected chi connectivity index (χ3v) is 1.83. The Hall–Kier alpha value is -1.06. The molecule has 0 aliphatic rings. The van der Waals surface area contributed by atoms with Crippen LogP contribution in [0, 0.1) is 5.92 Å². The van der Waals surface area contributed by atoms with Crippen molar-refractivity contribution in [3.63, 3.8) is 0 Å². The second-order valence-electron chi connectivity index (χ2n) is 3.61. The Labute approximate surface area is 85.0 Å². The van der Waals surface area contributed by atoms with Gasteiger partial charge in [0.25, 0.3) is 0 Å². The Balaban J connectivity index is 3.42. The molecule has 0 aliphatic heterocycles. The van der Waals surface area contributed by atoms with Crippen molar-refractivity contribution in [2.75, 3.05) is 13.7 Å². The highest BCUT2D eigenvalue weighted by Gasteiger charge is 2.05. The van der Waals surface area contributed by atoms with E-state index in [0.29, 0.717) is 12.5 Å². The van der Waals surface area contributed by atoms with E-state index in [-0.39, 0.29) is 24.7 Å². The summed E-state index contributed by atoms with van der Waals surface area (Å²) in [6, 6.07) is 0. The number of carbonyl (C=O) groups is 2. The fourth-order valence-electron chi connectivity index (χ4n) is 0.906. The standard InChI is InChI=1S/C10H19NO3/c1-8(2)6-7-11-9(12)4-5-10(13)14-3/h8H,4-7H2,1-3H3,(H,11,12). The topological polar surface area (TPSA) is 55.4 Å². The SMILES string of the molecule is COC(=O)CCC(=O)NCCC(C)C. The van der Waals surface area contributed by atoms with Gasteiger partial charge in [0.15, 0.2) is 0 Å². The molecule has 0 atom stereocenters. The summed E-state index contributed by atoms with van der Waals surface area (Å²) in [6.45, 7) is 4.87. The smallest absolute Gasteiger partial charge is 0.306 e. The van der Waals surface area contributed by atoms with E-state index in [4.69, 9.17) is 0 Å². The minimum Gasteiger partial charge on any atom is -0.469 e. The number of ether oxygens (including phenoxy) is 1. The van der Waals surface area contributed by atoms with Crippen molar-refractivity contribution < 1.29 is 14.3 Å². The molecule has 0 aliphatic carbocycles. The summed E-state index contributed by atoms with van der Waals surface area (Å²) in [5, 5.41) is 2.75. The van der Waals surface area contributed by atoms with Crippen LogP contribution >= 0.6 is 0 Å². The zero-order valence-electron chi connectivity index (χ0n) is 9.13. The number of hydrogen-bond donors (Lipinski definition) is 1. The van der Waals surface area contributed by atoms with E-state index in [1.54, 1.807) is 0 Å². The third kappa shape index (κ3) is 7.58. The highest BCUT2D eigenvalue weighted by molar-refractivity contribution is 5.81. The summed E-state index contributed by atoms with van der Waals surface area (Å²) >= 11 is 0. The Morgan fingerprint density at radius 2 is 1.93 bits per heavy atom. The molecule has 0 aromatic carbocycles. The van der Waals surface area contributed by atoms with Gasteiger partial charge in [-0.15, -0.1) is 0 Å². The Morgan fingerprint density at radius 1 is 1.29 bits per heavy atom. The molecule has 0 heterocycles. The van der Waals surface area contributed by atoms with Crippen LogP contribution in [0.15, 0.2) is 0 Å². The molecule has 0 saturated heterocycles. The van der Waals surface area contributed by atoms with E-state index >= 15 is 0 Å². The van der Waals surface area contributed by atoms with Gasteiger partial charge < -0.3 is 10.1 Å². The van der Waals surface area contributed by atoms with Gasteiger partial charge in [-0.3, -0.25) is 9.59 Å². The maximum Gasteiger partial charge on any atom is 0.306 e. The molecule has 0 aromatic heterocycles. The van der Waals surface area contributed by atoms with Gasteiger partial charge in [0.05, 0.1) is 13.5 Å². The van der Waals surface area contributed by atoms with Gasteiger partial charge in [-0.1, -0.05) is 13.8 Å². The summed E-state index contributed by atoms with van der Waals surface area (Å²) < 4.78 is 4.42. The number of hydrogen-bond acceptors (Lipinski definition) is 3. The second-order valence-corrected chi connectivity index (χ2v) is 3.61. The van der Waals surface area contributed by atoms with E-state index in [1.807, 2.05) is 0 Å². The molecule has 0 saturated carbocycles. The van der Waals surface area contributed by atoms with Gasteiger partial charge >= 0.3 is 5.97 Å². The molecule has 4 heteroatoms. The highest BCUT2D eigenvalue weighted by Crippen LogP contribution is 1.97. The van der Waals surface area contributed by atoms with Gasteiger partial charge in [0.1, 0.15) is 0 Å². The van der Waals surface area contributed by atoms with Crippen molar-refractivity contribution >= 4 is 11.9 Å². The number of carbonyl (C=O) groups excluding carboxylic acids is 2. The number of esters is 1. The van der Waals surface area contributed by atoms with Crippen LogP contribution < -0.4 is 5.32 Å². The van der Waals surface area contributed by atoms with Crippen LogP contribution in [0.25, 0.3) is 0 Å². The lowest BCUT2D eigenvalue weighted by Crippen LogP contribution is -2.25. The first-order chi connectivity index (χ1) is 6.56. The summed E-state index contributed by atoms with van der Waals surface area (Å²) in [5.74, 6) is 0.149. The van der Waals surface area contributed by atoms with Crippen LogP contribution in [0.4, 0.5) is 0 Å². The van der Waals surface area contributed by atoms with Crippen molar-refractivity contribution in [2.45, 2.75) is 33.1 Å². The molecule has 14 heavy (non-hydrogen) atoms. The lowest BCUT2D eigenvalue weighted by atomic mass is 10.1. The van der Waals surface area contributed by atoms with Crippen molar-refractivity contribution in [1.29, 1.82) is 0 Å². The largest absolute Gasteiger partial charge is 0.469 e. The van der Waals surface area contributed by atoms with Crippen LogP contribution in [0.3, 0.4) is 0 Å². The number of rotatable bonds is 6. The average Bonchev–Trinajstić information content (AvgIpc) is 2.13.